The summed E-state index contributed by atoms with van der Waals surface area (Å²) < 4.78 is 34.1. The van der Waals surface area contributed by atoms with E-state index in [1.165, 1.54) is 24.5 Å². The van der Waals surface area contributed by atoms with Crippen molar-refractivity contribution in [1.82, 2.24) is 9.55 Å². The summed E-state index contributed by atoms with van der Waals surface area (Å²) in [5.74, 6) is -0.665. The molecule has 26 heavy (non-hydrogen) atoms. The number of hydrogen-bond donors (Lipinski definition) is 1. The molecule has 0 atom stereocenters. The molecule has 1 N–H and O–H groups in total. The molecule has 134 valence electrons. The highest BCUT2D eigenvalue weighted by Crippen LogP contribution is 2.18. The van der Waals surface area contributed by atoms with Gasteiger partial charge in [0.25, 0.3) is 0 Å². The number of carbonyl (C=O) groups excluding carboxylic acids is 1. The first kappa shape index (κ1) is 17.6. The fraction of sp³-hybridized carbons (Fsp3) is 0.158. The van der Waals surface area contributed by atoms with Gasteiger partial charge in [0.1, 0.15) is 17.4 Å². The van der Waals surface area contributed by atoms with Crippen molar-refractivity contribution < 1.29 is 18.3 Å². The molecule has 0 spiro atoms. The summed E-state index contributed by atoms with van der Waals surface area (Å²) in [6.07, 6.45) is 5.35. The van der Waals surface area contributed by atoms with Crippen LogP contribution < -0.4 is 10.1 Å². The summed E-state index contributed by atoms with van der Waals surface area (Å²) in [6, 6.07) is 10.3. The van der Waals surface area contributed by atoms with Gasteiger partial charge in [-0.25, -0.2) is 13.8 Å². The SMILES string of the molecule is O=C(CCCOc1cccc(F)c1)Nc1ccc(-n2ccnc2)c(F)c1. The van der Waals surface area contributed by atoms with Crippen molar-refractivity contribution >= 4 is 11.6 Å². The second-order valence-electron chi connectivity index (χ2n) is 5.59. The zero-order chi connectivity index (χ0) is 18.4. The lowest BCUT2D eigenvalue weighted by molar-refractivity contribution is -0.116. The van der Waals surface area contributed by atoms with E-state index in [-0.39, 0.29) is 24.8 Å². The summed E-state index contributed by atoms with van der Waals surface area (Å²) in [6.45, 7) is 0.283. The second-order valence-corrected chi connectivity index (χ2v) is 5.59. The predicted octanol–water partition coefficient (Wildman–Crippen LogP) is 3.95. The molecular weight excluding hydrogens is 340 g/mol. The minimum absolute atomic E-state index is 0.209. The van der Waals surface area contributed by atoms with E-state index in [1.807, 2.05) is 0 Å². The molecule has 0 aliphatic carbocycles. The van der Waals surface area contributed by atoms with Crippen molar-refractivity contribution in [3.05, 3.63) is 72.8 Å². The third-order valence-corrected chi connectivity index (χ3v) is 3.63. The van der Waals surface area contributed by atoms with Crippen molar-refractivity contribution in [2.45, 2.75) is 12.8 Å². The number of amides is 1. The number of nitrogens with zero attached hydrogens (tertiary/aromatic N) is 2. The van der Waals surface area contributed by atoms with Gasteiger partial charge in [-0.05, 0) is 36.8 Å². The highest BCUT2D eigenvalue weighted by atomic mass is 19.1. The van der Waals surface area contributed by atoms with Gasteiger partial charge >= 0.3 is 0 Å². The van der Waals surface area contributed by atoms with Gasteiger partial charge in [0.2, 0.25) is 5.91 Å². The van der Waals surface area contributed by atoms with Crippen LogP contribution in [0.5, 0.6) is 5.75 Å². The van der Waals surface area contributed by atoms with E-state index in [0.29, 0.717) is 23.5 Å². The third-order valence-electron chi connectivity index (χ3n) is 3.63. The maximum atomic E-state index is 14.1. The van der Waals surface area contributed by atoms with E-state index in [1.54, 1.807) is 41.2 Å². The Balaban J connectivity index is 1.47. The number of anilines is 1. The molecule has 0 saturated heterocycles. The fourth-order valence-electron chi connectivity index (χ4n) is 2.40. The van der Waals surface area contributed by atoms with E-state index < -0.39 is 5.82 Å². The standard InChI is InChI=1S/C19H17F2N3O2/c20-14-3-1-4-16(11-14)26-10-2-5-19(25)23-15-6-7-18(17(21)12-15)24-9-8-22-13-24/h1,3-4,6-9,11-13H,2,5,10H2,(H,23,25). The maximum absolute atomic E-state index is 14.1. The monoisotopic (exact) mass is 357 g/mol. The van der Waals surface area contributed by atoms with Crippen LogP contribution in [0.15, 0.2) is 61.2 Å². The number of nitrogens with one attached hydrogen (secondary N) is 1. The van der Waals surface area contributed by atoms with Gasteiger partial charge in [-0.2, -0.15) is 0 Å². The molecule has 0 unspecified atom stereocenters. The molecule has 0 bridgehead atoms. The van der Waals surface area contributed by atoms with Crippen LogP contribution in [0, 0.1) is 11.6 Å². The molecule has 0 aliphatic heterocycles. The maximum Gasteiger partial charge on any atom is 0.224 e. The Morgan fingerprint density at radius 3 is 2.81 bits per heavy atom. The van der Waals surface area contributed by atoms with Crippen LogP contribution in [0.1, 0.15) is 12.8 Å². The molecule has 3 rings (SSSR count). The molecule has 0 saturated carbocycles. The first-order valence-corrected chi connectivity index (χ1v) is 8.08. The summed E-state index contributed by atoms with van der Waals surface area (Å²) in [5, 5.41) is 2.64. The number of aromatic nitrogens is 2. The average molecular weight is 357 g/mol. The number of imidazole rings is 1. The lowest BCUT2D eigenvalue weighted by atomic mass is 10.2. The normalized spacial score (nSPS) is 10.5. The van der Waals surface area contributed by atoms with Gasteiger partial charge < -0.3 is 14.6 Å². The quantitative estimate of drug-likeness (QED) is 0.652. The molecule has 3 aromatic rings. The summed E-state index contributed by atoms with van der Waals surface area (Å²) in [5.41, 5.74) is 0.728. The topological polar surface area (TPSA) is 56.1 Å². The first-order chi connectivity index (χ1) is 12.6. The van der Waals surface area contributed by atoms with Gasteiger partial charge in [0.05, 0.1) is 18.6 Å². The van der Waals surface area contributed by atoms with E-state index >= 15 is 0 Å². The van der Waals surface area contributed by atoms with Crippen molar-refractivity contribution in [1.29, 1.82) is 0 Å². The van der Waals surface area contributed by atoms with Crippen LogP contribution in [0.25, 0.3) is 5.69 Å². The number of benzene rings is 2. The highest BCUT2D eigenvalue weighted by Gasteiger charge is 2.08. The smallest absolute Gasteiger partial charge is 0.224 e. The zero-order valence-corrected chi connectivity index (χ0v) is 13.9. The zero-order valence-electron chi connectivity index (χ0n) is 13.9. The summed E-state index contributed by atoms with van der Waals surface area (Å²) in [4.78, 5) is 15.8. The fourth-order valence-corrected chi connectivity index (χ4v) is 2.40. The van der Waals surface area contributed by atoms with Crippen LogP contribution in [-0.4, -0.2) is 22.1 Å². The molecule has 2 aromatic carbocycles. The highest BCUT2D eigenvalue weighted by molar-refractivity contribution is 5.90. The number of carbonyl (C=O) groups is 1. The largest absolute Gasteiger partial charge is 0.493 e. The Kier molecular flexibility index (Phi) is 5.58. The lowest BCUT2D eigenvalue weighted by Crippen LogP contribution is -2.13. The van der Waals surface area contributed by atoms with E-state index in [9.17, 15) is 13.6 Å². The Hall–Kier alpha value is -3.22. The molecule has 0 fully saturated rings. The van der Waals surface area contributed by atoms with Crippen molar-refractivity contribution in [2.24, 2.45) is 0 Å². The van der Waals surface area contributed by atoms with Gasteiger partial charge in [-0.15, -0.1) is 0 Å². The van der Waals surface area contributed by atoms with Crippen molar-refractivity contribution in [2.75, 3.05) is 11.9 Å². The van der Waals surface area contributed by atoms with Gasteiger partial charge in [0.15, 0.2) is 0 Å². The molecule has 1 amide bonds. The number of hydrogen-bond acceptors (Lipinski definition) is 3. The van der Waals surface area contributed by atoms with Gasteiger partial charge in [0, 0.05) is 30.6 Å². The second kappa shape index (κ2) is 8.24. The molecule has 5 nitrogen and oxygen atoms in total. The molecular formula is C19H17F2N3O2. The lowest BCUT2D eigenvalue weighted by Gasteiger charge is -2.09. The molecule has 1 aromatic heterocycles. The van der Waals surface area contributed by atoms with Crippen molar-refractivity contribution in [3.63, 3.8) is 0 Å². The molecule has 0 radical (unpaired) electrons. The number of halogens is 2. The Morgan fingerprint density at radius 1 is 1.19 bits per heavy atom. The summed E-state index contributed by atoms with van der Waals surface area (Å²) in [7, 11) is 0. The van der Waals surface area contributed by atoms with Crippen LogP contribution in [0.3, 0.4) is 0 Å². The Morgan fingerprint density at radius 2 is 2.08 bits per heavy atom. The Labute approximate surface area is 149 Å². The predicted molar refractivity (Wildman–Crippen MR) is 93.3 cm³/mol. The van der Waals surface area contributed by atoms with Gasteiger partial charge in [-0.1, -0.05) is 6.07 Å². The number of rotatable bonds is 7. The first-order valence-electron chi connectivity index (χ1n) is 8.08. The van der Waals surface area contributed by atoms with Gasteiger partial charge in [-0.3, -0.25) is 4.79 Å². The van der Waals surface area contributed by atoms with Crippen molar-refractivity contribution in [3.8, 4) is 11.4 Å². The molecule has 0 aliphatic rings. The van der Waals surface area contributed by atoms with Crippen LogP contribution in [0.2, 0.25) is 0 Å². The van der Waals surface area contributed by atoms with E-state index in [4.69, 9.17) is 4.74 Å². The average Bonchev–Trinajstić information content (AvgIpc) is 3.13. The van der Waals surface area contributed by atoms with Crippen LogP contribution >= 0.6 is 0 Å². The van der Waals surface area contributed by atoms with E-state index in [2.05, 4.69) is 10.3 Å². The van der Waals surface area contributed by atoms with Crippen LogP contribution in [-0.2, 0) is 4.79 Å². The van der Waals surface area contributed by atoms with E-state index in [0.717, 1.165) is 0 Å². The third kappa shape index (κ3) is 4.66. The minimum Gasteiger partial charge on any atom is -0.493 e. The number of ether oxygens (including phenoxy) is 1. The van der Waals surface area contributed by atoms with Crippen LogP contribution in [0.4, 0.5) is 14.5 Å². The minimum atomic E-state index is -0.463. The molecule has 1 heterocycles. The molecule has 7 heteroatoms. The summed E-state index contributed by atoms with van der Waals surface area (Å²) >= 11 is 0. The Bertz CT molecular complexity index is 882.